The zero-order valence-corrected chi connectivity index (χ0v) is 13.5. The highest BCUT2D eigenvalue weighted by molar-refractivity contribution is 7.81. The summed E-state index contributed by atoms with van der Waals surface area (Å²) in [6.07, 6.45) is 0.787. The number of non-ortho nitro benzene ring substituents is 1. The number of likely N-dealkylation sites (tertiary alicyclic amines) is 1. The van der Waals surface area contributed by atoms with Gasteiger partial charge in [-0.2, -0.15) is 12.6 Å². The first-order valence-corrected chi connectivity index (χ1v) is 7.33. The second-order valence-electron chi connectivity index (χ2n) is 5.08. The number of benzene rings is 1. The minimum absolute atomic E-state index is 0.0230. The molecule has 2 N–H and O–H groups in total. The molecule has 2 atom stereocenters. The summed E-state index contributed by atoms with van der Waals surface area (Å²) in [6.45, 7) is 1.33. The average Bonchev–Trinajstić information content (AvgIpc) is 2.85. The molecular weight excluding hydrogens is 322 g/mol. The molecule has 1 aromatic rings. The summed E-state index contributed by atoms with van der Waals surface area (Å²) in [5.41, 5.74) is 5.88. The van der Waals surface area contributed by atoms with Gasteiger partial charge in [0.15, 0.2) is 0 Å². The summed E-state index contributed by atoms with van der Waals surface area (Å²) in [7, 11) is 1.89. The molecule has 8 nitrogen and oxygen atoms in total. The maximum absolute atomic E-state index is 10.7. The van der Waals surface area contributed by atoms with E-state index in [1.165, 1.54) is 12.1 Å². The van der Waals surface area contributed by atoms with Crippen molar-refractivity contribution in [2.75, 3.05) is 13.6 Å². The van der Waals surface area contributed by atoms with Gasteiger partial charge in [0.05, 0.1) is 11.0 Å². The van der Waals surface area contributed by atoms with E-state index in [2.05, 4.69) is 17.4 Å². The molecule has 1 aliphatic heterocycles. The van der Waals surface area contributed by atoms with Crippen LogP contribution in [0.15, 0.2) is 24.3 Å². The minimum Gasteiger partial charge on any atom is -0.463 e. The van der Waals surface area contributed by atoms with Crippen LogP contribution in [0, 0.1) is 10.1 Å². The van der Waals surface area contributed by atoms with E-state index < -0.39 is 4.92 Å². The van der Waals surface area contributed by atoms with E-state index in [0.717, 1.165) is 18.5 Å². The van der Waals surface area contributed by atoms with Gasteiger partial charge in [0, 0.05) is 23.9 Å². The standard InChI is InChI=1S/C8H7NO4.C6H12N2OS/c10-6-13-5-7-1-3-8(4-2-7)9(11)12;1-8-3-4(10)2-5(8)6(7)9/h1-4,6H,5H2;4-5,10H,2-3H2,1H3,(H2,7,9)/t;4?,5-/m.0/s1. The number of likely N-dealkylation sites (N-methyl/N-ethyl adjacent to an activating group) is 1. The Kier molecular flexibility index (Phi) is 7.49. The van der Waals surface area contributed by atoms with Crippen LogP contribution in [0.5, 0.6) is 0 Å². The van der Waals surface area contributed by atoms with Gasteiger partial charge in [0.25, 0.3) is 12.2 Å². The zero-order valence-electron chi connectivity index (χ0n) is 12.6. The van der Waals surface area contributed by atoms with Crippen molar-refractivity contribution in [1.82, 2.24) is 4.90 Å². The van der Waals surface area contributed by atoms with Gasteiger partial charge >= 0.3 is 0 Å². The number of carbonyl (C=O) groups excluding carboxylic acids is 2. The van der Waals surface area contributed by atoms with Crippen LogP contribution >= 0.6 is 12.6 Å². The fraction of sp³-hybridized carbons (Fsp3) is 0.429. The maximum atomic E-state index is 10.7. The summed E-state index contributed by atoms with van der Waals surface area (Å²) in [4.78, 5) is 32.2. The molecule has 1 unspecified atom stereocenters. The third-order valence-corrected chi connectivity index (χ3v) is 3.69. The molecule has 1 saturated heterocycles. The smallest absolute Gasteiger partial charge is 0.293 e. The Hall–Kier alpha value is -2.13. The summed E-state index contributed by atoms with van der Waals surface area (Å²) in [6, 6.07) is 5.72. The van der Waals surface area contributed by atoms with Gasteiger partial charge in [-0.05, 0) is 31.2 Å². The van der Waals surface area contributed by atoms with Crippen molar-refractivity contribution in [2.24, 2.45) is 5.73 Å². The molecule has 0 aliphatic carbocycles. The molecule has 0 radical (unpaired) electrons. The molecule has 0 aromatic heterocycles. The van der Waals surface area contributed by atoms with E-state index in [9.17, 15) is 19.7 Å². The number of hydrogen-bond acceptors (Lipinski definition) is 7. The fourth-order valence-corrected chi connectivity index (χ4v) is 2.61. The van der Waals surface area contributed by atoms with E-state index in [0.29, 0.717) is 11.7 Å². The van der Waals surface area contributed by atoms with Crippen molar-refractivity contribution in [2.45, 2.75) is 24.3 Å². The van der Waals surface area contributed by atoms with Crippen LogP contribution in [0.4, 0.5) is 5.69 Å². The number of nitro benzene ring substituents is 1. The molecule has 126 valence electrons. The van der Waals surface area contributed by atoms with Gasteiger partial charge in [0.1, 0.15) is 6.61 Å². The molecule has 1 fully saturated rings. The van der Waals surface area contributed by atoms with Crippen LogP contribution in [0.3, 0.4) is 0 Å². The predicted molar refractivity (Wildman–Crippen MR) is 87.0 cm³/mol. The highest BCUT2D eigenvalue weighted by Gasteiger charge is 2.30. The lowest BCUT2D eigenvalue weighted by Gasteiger charge is -2.14. The third-order valence-electron chi connectivity index (χ3n) is 3.32. The molecule has 23 heavy (non-hydrogen) atoms. The zero-order chi connectivity index (χ0) is 17.4. The predicted octanol–water partition coefficient (Wildman–Crippen LogP) is 0.742. The van der Waals surface area contributed by atoms with E-state index in [1.54, 1.807) is 12.1 Å². The van der Waals surface area contributed by atoms with Gasteiger partial charge in [-0.1, -0.05) is 0 Å². The first-order chi connectivity index (χ1) is 10.8. The monoisotopic (exact) mass is 341 g/mol. The summed E-state index contributed by atoms with van der Waals surface area (Å²) >= 11 is 4.26. The van der Waals surface area contributed by atoms with Gasteiger partial charge in [-0.15, -0.1) is 0 Å². The first kappa shape index (κ1) is 18.9. The maximum Gasteiger partial charge on any atom is 0.293 e. The van der Waals surface area contributed by atoms with Crippen LogP contribution in [0.25, 0.3) is 0 Å². The lowest BCUT2D eigenvalue weighted by molar-refractivity contribution is -0.384. The number of hydrogen-bond donors (Lipinski definition) is 2. The van der Waals surface area contributed by atoms with Crippen LogP contribution in [-0.2, 0) is 20.9 Å². The molecule has 1 aromatic carbocycles. The molecular formula is C14H19N3O5S. The van der Waals surface area contributed by atoms with Crippen molar-refractivity contribution < 1.29 is 19.2 Å². The van der Waals surface area contributed by atoms with Crippen molar-refractivity contribution >= 4 is 30.7 Å². The Morgan fingerprint density at radius 3 is 2.48 bits per heavy atom. The number of thiol groups is 1. The average molecular weight is 341 g/mol. The lowest BCUT2D eigenvalue weighted by atomic mass is 10.2. The fourth-order valence-electron chi connectivity index (χ4n) is 2.15. The van der Waals surface area contributed by atoms with Crippen molar-refractivity contribution in [3.8, 4) is 0 Å². The number of nitrogens with zero attached hydrogens (tertiary/aromatic N) is 2. The number of amides is 1. The minimum atomic E-state index is -0.482. The lowest BCUT2D eigenvalue weighted by Crippen LogP contribution is -2.37. The summed E-state index contributed by atoms with van der Waals surface area (Å²) in [5, 5.41) is 10.6. The first-order valence-electron chi connectivity index (χ1n) is 6.81. The molecule has 0 bridgehead atoms. The summed E-state index contributed by atoms with van der Waals surface area (Å²) in [5.74, 6) is -0.237. The SMILES string of the molecule is CN1CC(S)C[C@H]1C(N)=O.O=COCc1ccc([N+](=O)[O-])cc1. The highest BCUT2D eigenvalue weighted by atomic mass is 32.1. The molecule has 1 heterocycles. The molecule has 2 rings (SSSR count). The highest BCUT2D eigenvalue weighted by Crippen LogP contribution is 2.19. The van der Waals surface area contributed by atoms with Crippen molar-refractivity contribution in [3.63, 3.8) is 0 Å². The molecule has 9 heteroatoms. The van der Waals surface area contributed by atoms with Crippen LogP contribution in [0.1, 0.15) is 12.0 Å². The number of primary amides is 1. The molecule has 1 aliphatic rings. The normalized spacial score (nSPS) is 20.3. The molecule has 0 saturated carbocycles. The van der Waals surface area contributed by atoms with Gasteiger partial charge in [-0.3, -0.25) is 24.6 Å². The van der Waals surface area contributed by atoms with E-state index in [1.807, 2.05) is 11.9 Å². The number of ether oxygens (including phenoxy) is 1. The molecule has 1 amide bonds. The van der Waals surface area contributed by atoms with Gasteiger partial charge in [-0.25, -0.2) is 0 Å². The molecule has 0 spiro atoms. The number of nitro groups is 1. The Morgan fingerprint density at radius 1 is 1.52 bits per heavy atom. The second-order valence-corrected chi connectivity index (χ2v) is 5.81. The largest absolute Gasteiger partial charge is 0.463 e. The third kappa shape index (κ3) is 6.25. The van der Waals surface area contributed by atoms with Crippen molar-refractivity contribution in [3.05, 3.63) is 39.9 Å². The van der Waals surface area contributed by atoms with E-state index in [4.69, 9.17) is 5.73 Å². The Balaban J connectivity index is 0.000000238. The quantitative estimate of drug-likeness (QED) is 0.353. The number of nitrogens with two attached hydrogens (primary N) is 1. The van der Waals surface area contributed by atoms with E-state index in [-0.39, 0.29) is 24.2 Å². The van der Waals surface area contributed by atoms with Crippen LogP contribution in [0.2, 0.25) is 0 Å². The number of rotatable bonds is 5. The second kappa shape index (κ2) is 9.11. The van der Waals surface area contributed by atoms with Gasteiger partial charge in [0.2, 0.25) is 5.91 Å². The van der Waals surface area contributed by atoms with Crippen molar-refractivity contribution in [1.29, 1.82) is 0 Å². The van der Waals surface area contributed by atoms with Crippen LogP contribution < -0.4 is 5.73 Å². The van der Waals surface area contributed by atoms with Gasteiger partial charge < -0.3 is 10.5 Å². The van der Waals surface area contributed by atoms with Crippen LogP contribution in [-0.4, -0.2) is 47.1 Å². The Morgan fingerprint density at radius 2 is 2.13 bits per heavy atom. The topological polar surface area (TPSA) is 116 Å². The number of carbonyl (C=O) groups is 2. The Labute approximate surface area is 139 Å². The summed E-state index contributed by atoms with van der Waals surface area (Å²) < 4.78 is 4.47. The van der Waals surface area contributed by atoms with E-state index >= 15 is 0 Å². The Bertz CT molecular complexity index is 552.